The average molecular weight is 556 g/mol. The molecule has 4 rings (SSSR count). The zero-order valence-electron chi connectivity index (χ0n) is 20.8. The number of amidine groups is 1. The van der Waals surface area contributed by atoms with Gasteiger partial charge in [-0.3, -0.25) is 14.5 Å². The molecule has 0 aliphatic carbocycles. The number of hydrogen-bond acceptors (Lipinski definition) is 6. The zero-order valence-corrected chi connectivity index (χ0v) is 21.6. The van der Waals surface area contributed by atoms with E-state index >= 15 is 0 Å². The van der Waals surface area contributed by atoms with Gasteiger partial charge in [-0.25, -0.2) is 9.79 Å². The third-order valence-electron chi connectivity index (χ3n) is 5.67. The monoisotopic (exact) mass is 555 g/mol. The van der Waals surface area contributed by atoms with Gasteiger partial charge in [0.25, 0.3) is 0 Å². The lowest BCUT2D eigenvalue weighted by Gasteiger charge is -2.16. The Hall–Kier alpha value is -4.12. The number of hydrogen-bond donors (Lipinski definition) is 1. The standard InChI is InChI=1S/C28H24F3N3O4S/c1-2-38-26(37)19-8-12-21(13-9-19)32-24(35)16-23-25(36)34(17-18-6-4-3-5-7-18)27(39-23)33-22-14-10-20(11-15-22)28(29,30)31/h3-15,23H,2,16-17H2,1H3,(H,32,35)/t23-/m1/s1. The number of amides is 2. The van der Waals surface area contributed by atoms with Gasteiger partial charge in [-0.2, -0.15) is 13.2 Å². The molecule has 7 nitrogen and oxygen atoms in total. The van der Waals surface area contributed by atoms with Crippen molar-refractivity contribution in [3.63, 3.8) is 0 Å². The molecule has 202 valence electrons. The van der Waals surface area contributed by atoms with Crippen molar-refractivity contribution >= 4 is 46.1 Å². The van der Waals surface area contributed by atoms with Crippen LogP contribution in [0.2, 0.25) is 0 Å². The smallest absolute Gasteiger partial charge is 0.416 e. The van der Waals surface area contributed by atoms with Gasteiger partial charge in [0.15, 0.2) is 5.17 Å². The normalized spacial score (nSPS) is 16.4. The molecule has 39 heavy (non-hydrogen) atoms. The fraction of sp³-hybridized carbons (Fsp3) is 0.214. The minimum absolute atomic E-state index is 0.152. The Kier molecular flexibility index (Phi) is 8.70. The Morgan fingerprint density at radius 1 is 1.00 bits per heavy atom. The van der Waals surface area contributed by atoms with E-state index < -0.39 is 28.9 Å². The molecule has 0 spiro atoms. The minimum Gasteiger partial charge on any atom is -0.462 e. The zero-order chi connectivity index (χ0) is 28.0. The number of benzene rings is 3. The first-order valence-electron chi connectivity index (χ1n) is 12.0. The molecule has 1 aliphatic rings. The lowest BCUT2D eigenvalue weighted by molar-refractivity contribution is -0.137. The number of rotatable bonds is 8. The number of nitrogens with zero attached hydrogens (tertiary/aromatic N) is 2. The van der Waals surface area contributed by atoms with Crippen molar-refractivity contribution in [3.05, 3.63) is 95.6 Å². The Morgan fingerprint density at radius 2 is 1.67 bits per heavy atom. The van der Waals surface area contributed by atoms with Gasteiger partial charge in [0.1, 0.15) is 5.25 Å². The van der Waals surface area contributed by atoms with E-state index in [-0.39, 0.29) is 31.2 Å². The van der Waals surface area contributed by atoms with Crippen molar-refractivity contribution in [2.75, 3.05) is 11.9 Å². The molecule has 1 atom stereocenters. The maximum Gasteiger partial charge on any atom is 0.416 e. The third kappa shape index (κ3) is 7.26. The van der Waals surface area contributed by atoms with E-state index in [1.54, 1.807) is 19.1 Å². The van der Waals surface area contributed by atoms with Gasteiger partial charge in [0.05, 0.1) is 30.0 Å². The second-order valence-electron chi connectivity index (χ2n) is 8.51. The fourth-order valence-corrected chi connectivity index (χ4v) is 4.91. The molecule has 1 N–H and O–H groups in total. The summed E-state index contributed by atoms with van der Waals surface area (Å²) >= 11 is 1.08. The number of anilines is 1. The summed E-state index contributed by atoms with van der Waals surface area (Å²) < 4.78 is 43.8. The molecular weight excluding hydrogens is 531 g/mol. The van der Waals surface area contributed by atoms with Crippen LogP contribution in [0, 0.1) is 0 Å². The molecule has 0 aromatic heterocycles. The van der Waals surface area contributed by atoms with Crippen LogP contribution in [0.5, 0.6) is 0 Å². The number of thioether (sulfide) groups is 1. The van der Waals surface area contributed by atoms with E-state index in [4.69, 9.17) is 4.74 Å². The van der Waals surface area contributed by atoms with Gasteiger partial charge in [-0.15, -0.1) is 0 Å². The van der Waals surface area contributed by atoms with Gasteiger partial charge in [-0.05, 0) is 61.0 Å². The first kappa shape index (κ1) is 27.9. The van der Waals surface area contributed by atoms with E-state index in [0.29, 0.717) is 16.4 Å². The van der Waals surface area contributed by atoms with Crippen molar-refractivity contribution in [3.8, 4) is 0 Å². The van der Waals surface area contributed by atoms with E-state index in [1.807, 2.05) is 30.3 Å². The van der Waals surface area contributed by atoms with Crippen LogP contribution >= 0.6 is 11.8 Å². The van der Waals surface area contributed by atoms with Gasteiger partial charge >= 0.3 is 12.1 Å². The lowest BCUT2D eigenvalue weighted by atomic mass is 10.2. The van der Waals surface area contributed by atoms with E-state index in [9.17, 15) is 27.6 Å². The quantitative estimate of drug-likeness (QED) is 0.342. The Balaban J connectivity index is 1.49. The van der Waals surface area contributed by atoms with Crippen molar-refractivity contribution in [2.45, 2.75) is 31.3 Å². The fourth-order valence-electron chi connectivity index (χ4n) is 3.76. The van der Waals surface area contributed by atoms with E-state index in [2.05, 4.69) is 10.3 Å². The van der Waals surface area contributed by atoms with Crippen LogP contribution < -0.4 is 5.32 Å². The molecule has 3 aromatic carbocycles. The summed E-state index contributed by atoms with van der Waals surface area (Å²) in [5.41, 5.74) is 1.08. The van der Waals surface area contributed by atoms with Crippen LogP contribution in [-0.2, 0) is 27.0 Å². The summed E-state index contributed by atoms with van der Waals surface area (Å²) in [6.07, 6.45) is -4.62. The molecule has 11 heteroatoms. The van der Waals surface area contributed by atoms with E-state index in [1.165, 1.54) is 29.2 Å². The molecule has 1 saturated heterocycles. The Labute approximate surface area is 227 Å². The summed E-state index contributed by atoms with van der Waals surface area (Å²) in [7, 11) is 0. The summed E-state index contributed by atoms with van der Waals surface area (Å²) in [5.74, 6) is -1.22. The molecule has 0 radical (unpaired) electrons. The predicted molar refractivity (Wildman–Crippen MR) is 143 cm³/mol. The average Bonchev–Trinajstić information content (AvgIpc) is 3.18. The molecule has 1 heterocycles. The first-order valence-corrected chi connectivity index (χ1v) is 12.9. The van der Waals surface area contributed by atoms with Crippen LogP contribution in [0.3, 0.4) is 0 Å². The lowest BCUT2D eigenvalue weighted by Crippen LogP contribution is -2.33. The molecule has 0 unspecified atom stereocenters. The van der Waals surface area contributed by atoms with Crippen LogP contribution in [0.4, 0.5) is 24.5 Å². The predicted octanol–water partition coefficient (Wildman–Crippen LogP) is 6.04. The first-order chi connectivity index (χ1) is 18.6. The number of aliphatic imine (C=N–C) groups is 1. The summed E-state index contributed by atoms with van der Waals surface area (Å²) in [6, 6.07) is 19.7. The number of ether oxygens (including phenoxy) is 1. The van der Waals surface area contributed by atoms with Gasteiger partial charge in [0.2, 0.25) is 11.8 Å². The van der Waals surface area contributed by atoms with Crippen molar-refractivity contribution < 1.29 is 32.3 Å². The molecule has 1 aliphatic heterocycles. The molecular formula is C28H24F3N3O4S. The summed E-state index contributed by atoms with van der Waals surface area (Å²) in [4.78, 5) is 43.8. The van der Waals surface area contributed by atoms with Crippen molar-refractivity contribution in [1.82, 2.24) is 4.90 Å². The highest BCUT2D eigenvalue weighted by Crippen LogP contribution is 2.34. The number of carbonyl (C=O) groups is 3. The van der Waals surface area contributed by atoms with Crippen molar-refractivity contribution in [2.24, 2.45) is 4.99 Å². The maximum absolute atomic E-state index is 13.3. The van der Waals surface area contributed by atoms with Gasteiger partial charge in [-0.1, -0.05) is 42.1 Å². The largest absolute Gasteiger partial charge is 0.462 e. The molecule has 3 aromatic rings. The number of alkyl halides is 3. The SMILES string of the molecule is CCOC(=O)c1ccc(NC(=O)C[C@H]2SC(=Nc3ccc(C(F)(F)F)cc3)N(Cc3ccccc3)C2=O)cc1. The molecule has 0 saturated carbocycles. The van der Waals surface area contributed by atoms with Gasteiger partial charge in [0, 0.05) is 12.1 Å². The number of esters is 1. The Morgan fingerprint density at radius 3 is 2.28 bits per heavy atom. The second-order valence-corrected chi connectivity index (χ2v) is 9.68. The van der Waals surface area contributed by atoms with Crippen LogP contribution in [0.25, 0.3) is 0 Å². The van der Waals surface area contributed by atoms with Gasteiger partial charge < -0.3 is 10.1 Å². The maximum atomic E-state index is 13.3. The number of halogens is 3. The van der Waals surface area contributed by atoms with Crippen LogP contribution in [-0.4, -0.2) is 39.7 Å². The Bertz CT molecular complexity index is 1360. The highest BCUT2D eigenvalue weighted by atomic mass is 32.2. The highest BCUT2D eigenvalue weighted by molar-refractivity contribution is 8.15. The van der Waals surface area contributed by atoms with E-state index in [0.717, 1.165) is 29.5 Å². The van der Waals surface area contributed by atoms with Crippen LogP contribution in [0.1, 0.15) is 34.8 Å². The highest BCUT2D eigenvalue weighted by Gasteiger charge is 2.39. The topological polar surface area (TPSA) is 88.1 Å². The summed E-state index contributed by atoms with van der Waals surface area (Å²) in [6.45, 7) is 2.14. The third-order valence-corrected chi connectivity index (χ3v) is 6.85. The second kappa shape index (κ2) is 12.2. The number of nitrogens with one attached hydrogen (secondary N) is 1. The summed E-state index contributed by atoms with van der Waals surface area (Å²) in [5, 5.41) is 2.23. The molecule has 0 bridgehead atoms. The molecule has 1 fully saturated rings. The van der Waals surface area contributed by atoms with Crippen molar-refractivity contribution in [1.29, 1.82) is 0 Å². The minimum atomic E-state index is -4.47. The molecule has 2 amide bonds. The number of carbonyl (C=O) groups excluding carboxylic acids is 3. The van der Waals surface area contributed by atoms with Crippen LogP contribution in [0.15, 0.2) is 83.9 Å².